The molecule has 0 aromatic heterocycles. The van der Waals surface area contributed by atoms with Gasteiger partial charge in [0.1, 0.15) is 18.4 Å². The minimum Gasteiger partial charge on any atom is -0.489 e. The van der Waals surface area contributed by atoms with Gasteiger partial charge in [-0.3, -0.25) is 14.6 Å². The van der Waals surface area contributed by atoms with Crippen LogP contribution in [0.1, 0.15) is 6.42 Å². The molecule has 3 rings (SSSR count). The Hall–Kier alpha value is -3.42. The maximum atomic E-state index is 13.6. The lowest BCUT2D eigenvalue weighted by Gasteiger charge is -2.20. The summed E-state index contributed by atoms with van der Waals surface area (Å²) >= 11 is 0. The molecule has 1 unspecified atom stereocenters. The summed E-state index contributed by atoms with van der Waals surface area (Å²) < 4.78 is 18.9. The summed E-state index contributed by atoms with van der Waals surface area (Å²) in [6.07, 6.45) is 0.127. The zero-order chi connectivity index (χ0) is 20.1. The molecule has 0 bridgehead atoms. The van der Waals surface area contributed by atoms with Gasteiger partial charge in [0, 0.05) is 13.5 Å². The van der Waals surface area contributed by atoms with Gasteiger partial charge in [-0.25, -0.2) is 4.39 Å². The number of hydrazone groups is 1. The van der Waals surface area contributed by atoms with Gasteiger partial charge in [-0.05, 0) is 24.3 Å². The van der Waals surface area contributed by atoms with Gasteiger partial charge in [0.05, 0.1) is 12.2 Å². The van der Waals surface area contributed by atoms with Gasteiger partial charge in [0.25, 0.3) is 5.91 Å². The summed E-state index contributed by atoms with van der Waals surface area (Å²) in [5.74, 6) is -1.21. The molecular weight excluding hydrogens is 363 g/mol. The number of hydrogen-bond acceptors (Lipinski definition) is 5. The molecule has 2 N–H and O–H groups in total. The number of carbonyl (C=O) groups is 2. The van der Waals surface area contributed by atoms with Crippen molar-refractivity contribution >= 4 is 23.2 Å². The van der Waals surface area contributed by atoms with E-state index < -0.39 is 17.8 Å². The third kappa shape index (κ3) is 4.28. The van der Waals surface area contributed by atoms with Crippen molar-refractivity contribution in [2.24, 2.45) is 10.8 Å². The number of hydrogen-bond donors (Lipinski definition) is 1. The molecule has 0 fully saturated rings. The SMILES string of the molecule is CN(CCOc1ccccc1F)C(=O)C1=NN(c2ccccc2)C(C(N)=O)C1. The fourth-order valence-corrected chi connectivity index (χ4v) is 2.86. The Morgan fingerprint density at radius 3 is 2.57 bits per heavy atom. The molecule has 0 saturated heterocycles. The van der Waals surface area contributed by atoms with Gasteiger partial charge < -0.3 is 15.4 Å². The largest absolute Gasteiger partial charge is 0.489 e. The molecule has 1 aliphatic heterocycles. The molecule has 8 heteroatoms. The zero-order valence-electron chi connectivity index (χ0n) is 15.4. The molecule has 2 aromatic rings. The molecule has 1 atom stereocenters. The molecular formula is C20H21FN4O3. The van der Waals surface area contributed by atoms with E-state index in [0.717, 1.165) is 0 Å². The molecule has 7 nitrogen and oxygen atoms in total. The number of nitrogens with two attached hydrogens (primary N) is 1. The minimum absolute atomic E-state index is 0.123. The van der Waals surface area contributed by atoms with Crippen molar-refractivity contribution in [2.75, 3.05) is 25.2 Å². The fraction of sp³-hybridized carbons (Fsp3) is 0.250. The molecule has 2 aromatic carbocycles. The second-order valence-corrected chi connectivity index (χ2v) is 6.35. The molecule has 0 aliphatic carbocycles. The van der Waals surface area contributed by atoms with Crippen molar-refractivity contribution in [1.82, 2.24) is 4.90 Å². The number of para-hydroxylation sites is 2. The summed E-state index contributed by atoms with van der Waals surface area (Å²) in [6.45, 7) is 0.358. The lowest BCUT2D eigenvalue weighted by molar-refractivity contribution is -0.123. The topological polar surface area (TPSA) is 88.2 Å². The number of likely N-dealkylation sites (N-methyl/N-ethyl adjacent to an activating group) is 1. The molecule has 0 spiro atoms. The highest BCUT2D eigenvalue weighted by atomic mass is 19.1. The normalized spacial score (nSPS) is 15.9. The number of anilines is 1. The fourth-order valence-electron chi connectivity index (χ4n) is 2.86. The van der Waals surface area contributed by atoms with Crippen LogP contribution in [0.15, 0.2) is 59.7 Å². The van der Waals surface area contributed by atoms with Crippen LogP contribution in [0, 0.1) is 5.82 Å². The van der Waals surface area contributed by atoms with Crippen LogP contribution in [-0.2, 0) is 9.59 Å². The minimum atomic E-state index is -0.718. The summed E-state index contributed by atoms with van der Waals surface area (Å²) in [5.41, 5.74) is 6.41. The predicted molar refractivity (Wildman–Crippen MR) is 103 cm³/mol. The van der Waals surface area contributed by atoms with E-state index in [1.54, 1.807) is 31.3 Å². The van der Waals surface area contributed by atoms with E-state index in [0.29, 0.717) is 5.69 Å². The summed E-state index contributed by atoms with van der Waals surface area (Å²) in [6, 6.07) is 14.4. The van der Waals surface area contributed by atoms with E-state index in [4.69, 9.17) is 10.5 Å². The van der Waals surface area contributed by atoms with Gasteiger partial charge in [-0.2, -0.15) is 5.10 Å². The van der Waals surface area contributed by atoms with Crippen LogP contribution in [-0.4, -0.2) is 48.7 Å². The van der Waals surface area contributed by atoms with Crippen molar-refractivity contribution in [3.05, 3.63) is 60.4 Å². The summed E-state index contributed by atoms with van der Waals surface area (Å²) in [5, 5.41) is 5.79. The highest BCUT2D eigenvalue weighted by Gasteiger charge is 2.35. The maximum absolute atomic E-state index is 13.6. The Bertz CT molecular complexity index is 888. The first kappa shape index (κ1) is 19.3. The monoisotopic (exact) mass is 384 g/mol. The number of nitrogens with zero attached hydrogens (tertiary/aromatic N) is 3. The number of halogens is 1. The standard InChI is InChI=1S/C20H21FN4O3/c1-24(11-12-28-18-10-6-5-9-15(18)21)20(27)16-13-17(19(22)26)25(23-16)14-7-3-2-4-8-14/h2-10,17H,11-13H2,1H3,(H2,22,26). The lowest BCUT2D eigenvalue weighted by atomic mass is 10.1. The van der Waals surface area contributed by atoms with Crippen LogP contribution >= 0.6 is 0 Å². The van der Waals surface area contributed by atoms with E-state index in [2.05, 4.69) is 5.10 Å². The van der Waals surface area contributed by atoms with E-state index in [9.17, 15) is 14.0 Å². The van der Waals surface area contributed by atoms with Crippen LogP contribution < -0.4 is 15.5 Å². The number of ether oxygens (including phenoxy) is 1. The Morgan fingerprint density at radius 2 is 1.89 bits per heavy atom. The summed E-state index contributed by atoms with van der Waals surface area (Å²) in [4.78, 5) is 25.9. The Morgan fingerprint density at radius 1 is 1.21 bits per heavy atom. The van der Waals surface area contributed by atoms with E-state index in [1.165, 1.54) is 22.0 Å². The van der Waals surface area contributed by atoms with Crippen LogP contribution in [0.3, 0.4) is 0 Å². The number of benzene rings is 2. The highest BCUT2D eigenvalue weighted by molar-refractivity contribution is 6.40. The van der Waals surface area contributed by atoms with Crippen molar-refractivity contribution in [3.63, 3.8) is 0 Å². The first-order valence-corrected chi connectivity index (χ1v) is 8.81. The molecule has 2 amide bonds. The van der Waals surface area contributed by atoms with Crippen LogP contribution in [0.2, 0.25) is 0 Å². The van der Waals surface area contributed by atoms with Crippen molar-refractivity contribution in [3.8, 4) is 5.75 Å². The van der Waals surface area contributed by atoms with Crippen molar-refractivity contribution < 1.29 is 18.7 Å². The Labute approximate surface area is 162 Å². The molecule has 0 radical (unpaired) electrons. The number of primary amides is 1. The number of amides is 2. The lowest BCUT2D eigenvalue weighted by Crippen LogP contribution is -2.40. The van der Waals surface area contributed by atoms with Crippen molar-refractivity contribution in [2.45, 2.75) is 12.5 Å². The van der Waals surface area contributed by atoms with Gasteiger partial charge in [-0.1, -0.05) is 30.3 Å². The zero-order valence-corrected chi connectivity index (χ0v) is 15.4. The molecule has 146 valence electrons. The average Bonchev–Trinajstić information content (AvgIpc) is 3.15. The second kappa shape index (κ2) is 8.51. The van der Waals surface area contributed by atoms with Gasteiger partial charge in [0.15, 0.2) is 11.6 Å². The smallest absolute Gasteiger partial charge is 0.270 e. The maximum Gasteiger partial charge on any atom is 0.270 e. The third-order valence-corrected chi connectivity index (χ3v) is 4.37. The quantitative estimate of drug-likeness (QED) is 0.788. The second-order valence-electron chi connectivity index (χ2n) is 6.35. The predicted octanol–water partition coefficient (Wildman–Crippen LogP) is 1.78. The molecule has 1 heterocycles. The molecule has 0 saturated carbocycles. The van der Waals surface area contributed by atoms with Gasteiger partial charge in [-0.15, -0.1) is 0 Å². The first-order chi connectivity index (χ1) is 13.5. The van der Waals surface area contributed by atoms with Gasteiger partial charge in [0.2, 0.25) is 5.91 Å². The highest BCUT2D eigenvalue weighted by Crippen LogP contribution is 2.24. The van der Waals surface area contributed by atoms with E-state index in [1.807, 2.05) is 18.2 Å². The average molecular weight is 384 g/mol. The van der Waals surface area contributed by atoms with Crippen LogP contribution in [0.25, 0.3) is 0 Å². The van der Waals surface area contributed by atoms with E-state index >= 15 is 0 Å². The van der Waals surface area contributed by atoms with Crippen LogP contribution in [0.5, 0.6) is 5.75 Å². The Kier molecular flexibility index (Phi) is 5.88. The first-order valence-electron chi connectivity index (χ1n) is 8.81. The third-order valence-electron chi connectivity index (χ3n) is 4.37. The molecule has 1 aliphatic rings. The number of carbonyl (C=O) groups excluding carboxylic acids is 2. The Balaban J connectivity index is 1.64. The van der Waals surface area contributed by atoms with Crippen molar-refractivity contribution in [1.29, 1.82) is 0 Å². The number of rotatable bonds is 7. The summed E-state index contributed by atoms with van der Waals surface area (Å²) in [7, 11) is 1.60. The van der Waals surface area contributed by atoms with Crippen LogP contribution in [0.4, 0.5) is 10.1 Å². The van der Waals surface area contributed by atoms with E-state index in [-0.39, 0.29) is 36.9 Å². The molecule has 28 heavy (non-hydrogen) atoms. The van der Waals surface area contributed by atoms with Gasteiger partial charge >= 0.3 is 0 Å².